The Kier molecular flexibility index (Phi) is 4.10. The zero-order valence-electron chi connectivity index (χ0n) is 10.1. The minimum absolute atomic E-state index is 0.123. The van der Waals surface area contributed by atoms with E-state index in [0.717, 1.165) is 31.8 Å². The first kappa shape index (κ1) is 12.5. The maximum Gasteiger partial charge on any atom is 0.123 e. The zero-order chi connectivity index (χ0) is 12.3. The molecule has 3 nitrogen and oxygen atoms in total. The number of hydrogen-bond acceptors (Lipinski definition) is 3. The van der Waals surface area contributed by atoms with E-state index in [1.54, 1.807) is 7.11 Å². The summed E-state index contributed by atoms with van der Waals surface area (Å²) in [4.78, 5) is 2.29. The van der Waals surface area contributed by atoms with Crippen LogP contribution in [-0.2, 0) is 4.74 Å². The number of hydrogen-bond donors (Lipinski definition) is 1. The summed E-state index contributed by atoms with van der Waals surface area (Å²) in [6.07, 6.45) is 0. The van der Waals surface area contributed by atoms with Gasteiger partial charge in [-0.25, -0.2) is 4.39 Å². The highest BCUT2D eigenvalue weighted by Gasteiger charge is 2.30. The quantitative estimate of drug-likeness (QED) is 0.856. The molecule has 0 unspecified atom stereocenters. The molecule has 0 aromatic heterocycles. The van der Waals surface area contributed by atoms with Gasteiger partial charge < -0.3 is 10.5 Å². The van der Waals surface area contributed by atoms with E-state index in [1.165, 1.54) is 12.1 Å². The molecule has 0 saturated carbocycles. The molecule has 17 heavy (non-hydrogen) atoms. The number of halogens is 1. The third-order valence-corrected chi connectivity index (χ3v) is 3.35. The van der Waals surface area contributed by atoms with Crippen molar-refractivity contribution in [3.8, 4) is 0 Å². The van der Waals surface area contributed by atoms with Gasteiger partial charge in [0.2, 0.25) is 0 Å². The number of methoxy groups -OCH3 is 1. The smallest absolute Gasteiger partial charge is 0.123 e. The molecular formula is C13H19FN2O. The fourth-order valence-electron chi connectivity index (χ4n) is 2.38. The number of likely N-dealkylation sites (tertiary alicyclic amines) is 1. The van der Waals surface area contributed by atoms with E-state index >= 15 is 0 Å². The van der Waals surface area contributed by atoms with Crippen LogP contribution in [0.5, 0.6) is 0 Å². The summed E-state index contributed by atoms with van der Waals surface area (Å²) >= 11 is 0. The lowest BCUT2D eigenvalue weighted by atomic mass is 9.95. The summed E-state index contributed by atoms with van der Waals surface area (Å²) in [6.45, 7) is 3.44. The van der Waals surface area contributed by atoms with Crippen molar-refractivity contribution >= 4 is 0 Å². The molecule has 1 heterocycles. The molecule has 2 atom stereocenters. The largest absolute Gasteiger partial charge is 0.383 e. The van der Waals surface area contributed by atoms with Crippen LogP contribution < -0.4 is 5.73 Å². The maximum atomic E-state index is 12.9. The Morgan fingerprint density at radius 3 is 2.71 bits per heavy atom. The number of ether oxygens (including phenoxy) is 1. The van der Waals surface area contributed by atoms with Crippen LogP contribution in [0.1, 0.15) is 11.5 Å². The molecule has 1 aromatic rings. The summed E-state index contributed by atoms with van der Waals surface area (Å²) in [5.74, 6) is 0.101. The predicted molar refractivity (Wildman–Crippen MR) is 65.4 cm³/mol. The molecule has 1 aliphatic heterocycles. The van der Waals surface area contributed by atoms with Crippen molar-refractivity contribution < 1.29 is 9.13 Å². The Balaban J connectivity index is 2.00. The van der Waals surface area contributed by atoms with E-state index in [-0.39, 0.29) is 11.9 Å². The molecule has 0 spiro atoms. The molecule has 1 saturated heterocycles. The molecule has 94 valence electrons. The molecule has 0 aliphatic carbocycles. The Bertz CT molecular complexity index is 355. The van der Waals surface area contributed by atoms with Gasteiger partial charge in [0.25, 0.3) is 0 Å². The van der Waals surface area contributed by atoms with Crippen molar-refractivity contribution in [2.75, 3.05) is 33.4 Å². The number of benzene rings is 1. The molecule has 0 amide bonds. The lowest BCUT2D eigenvalue weighted by Crippen LogP contribution is -2.30. The number of nitrogens with zero attached hydrogens (tertiary/aromatic N) is 1. The number of rotatable bonds is 4. The van der Waals surface area contributed by atoms with E-state index in [9.17, 15) is 4.39 Å². The van der Waals surface area contributed by atoms with Gasteiger partial charge in [-0.2, -0.15) is 0 Å². The Labute approximate surface area is 101 Å². The van der Waals surface area contributed by atoms with Gasteiger partial charge in [0.05, 0.1) is 6.61 Å². The molecule has 2 N–H and O–H groups in total. The van der Waals surface area contributed by atoms with Gasteiger partial charge in [0.1, 0.15) is 5.82 Å². The van der Waals surface area contributed by atoms with Gasteiger partial charge in [-0.1, -0.05) is 12.1 Å². The fraction of sp³-hybridized carbons (Fsp3) is 0.538. The minimum Gasteiger partial charge on any atom is -0.383 e. The molecule has 1 aliphatic rings. The van der Waals surface area contributed by atoms with Crippen molar-refractivity contribution in [3.05, 3.63) is 35.6 Å². The highest BCUT2D eigenvalue weighted by Crippen LogP contribution is 2.26. The summed E-state index contributed by atoms with van der Waals surface area (Å²) in [7, 11) is 1.70. The van der Waals surface area contributed by atoms with Crippen LogP contribution in [0, 0.1) is 5.82 Å². The topological polar surface area (TPSA) is 38.5 Å². The molecule has 1 aromatic carbocycles. The van der Waals surface area contributed by atoms with Crippen LogP contribution >= 0.6 is 0 Å². The van der Waals surface area contributed by atoms with Crippen LogP contribution in [-0.4, -0.2) is 44.3 Å². The van der Waals surface area contributed by atoms with Crippen LogP contribution in [0.25, 0.3) is 0 Å². The summed E-state index contributed by atoms with van der Waals surface area (Å²) in [6, 6.07) is 6.79. The molecule has 2 rings (SSSR count). The lowest BCUT2D eigenvalue weighted by molar-refractivity contribution is 0.160. The summed E-state index contributed by atoms with van der Waals surface area (Å²) in [5, 5.41) is 0. The van der Waals surface area contributed by atoms with Gasteiger partial charge in [-0.05, 0) is 17.7 Å². The van der Waals surface area contributed by atoms with E-state index in [4.69, 9.17) is 10.5 Å². The Hall–Kier alpha value is -0.970. The van der Waals surface area contributed by atoms with Crippen molar-refractivity contribution in [2.24, 2.45) is 5.73 Å². The highest BCUT2D eigenvalue weighted by molar-refractivity contribution is 5.24. The first-order chi connectivity index (χ1) is 8.20. The van der Waals surface area contributed by atoms with E-state index in [1.807, 2.05) is 12.1 Å². The SMILES string of the molecule is COCCN1C[C@@H](N)[C@H](c2ccc(F)cc2)C1. The monoisotopic (exact) mass is 238 g/mol. The van der Waals surface area contributed by atoms with Gasteiger partial charge >= 0.3 is 0 Å². The predicted octanol–water partition coefficient (Wildman–Crippen LogP) is 1.20. The molecule has 0 bridgehead atoms. The molecule has 0 radical (unpaired) electrons. The van der Waals surface area contributed by atoms with Crippen LogP contribution in [0.15, 0.2) is 24.3 Å². The van der Waals surface area contributed by atoms with Crippen molar-refractivity contribution in [1.82, 2.24) is 4.90 Å². The molecule has 4 heteroatoms. The second-order valence-corrected chi connectivity index (χ2v) is 4.57. The standard InChI is InChI=1S/C13H19FN2O/c1-17-7-6-16-8-12(13(15)9-16)10-2-4-11(14)5-3-10/h2-5,12-13H,6-9,15H2,1H3/t12-,13+/m0/s1. The van der Waals surface area contributed by atoms with E-state index < -0.39 is 0 Å². The van der Waals surface area contributed by atoms with Crippen molar-refractivity contribution in [3.63, 3.8) is 0 Å². The van der Waals surface area contributed by atoms with E-state index in [0.29, 0.717) is 5.92 Å². The Morgan fingerprint density at radius 1 is 1.35 bits per heavy atom. The van der Waals surface area contributed by atoms with Crippen LogP contribution in [0.2, 0.25) is 0 Å². The van der Waals surface area contributed by atoms with Gasteiger partial charge in [0.15, 0.2) is 0 Å². The van der Waals surface area contributed by atoms with Gasteiger partial charge in [-0.3, -0.25) is 4.90 Å². The Morgan fingerprint density at radius 2 is 2.06 bits per heavy atom. The third-order valence-electron chi connectivity index (χ3n) is 3.35. The second-order valence-electron chi connectivity index (χ2n) is 4.57. The number of nitrogens with two attached hydrogens (primary N) is 1. The van der Waals surface area contributed by atoms with Crippen LogP contribution in [0.4, 0.5) is 4.39 Å². The van der Waals surface area contributed by atoms with Crippen LogP contribution in [0.3, 0.4) is 0 Å². The average molecular weight is 238 g/mol. The highest BCUT2D eigenvalue weighted by atomic mass is 19.1. The van der Waals surface area contributed by atoms with Crippen molar-refractivity contribution in [2.45, 2.75) is 12.0 Å². The average Bonchev–Trinajstić information content (AvgIpc) is 2.69. The lowest BCUT2D eigenvalue weighted by Gasteiger charge is -2.15. The first-order valence-corrected chi connectivity index (χ1v) is 5.93. The third kappa shape index (κ3) is 3.03. The summed E-state index contributed by atoms with van der Waals surface area (Å²) in [5.41, 5.74) is 7.26. The normalized spacial score (nSPS) is 25.4. The molecular weight excluding hydrogens is 219 g/mol. The second kappa shape index (κ2) is 5.58. The minimum atomic E-state index is -0.198. The first-order valence-electron chi connectivity index (χ1n) is 5.93. The van der Waals surface area contributed by atoms with Crippen molar-refractivity contribution in [1.29, 1.82) is 0 Å². The summed E-state index contributed by atoms with van der Waals surface area (Å²) < 4.78 is 17.9. The van der Waals surface area contributed by atoms with Gasteiger partial charge in [-0.15, -0.1) is 0 Å². The molecule has 1 fully saturated rings. The van der Waals surface area contributed by atoms with Gasteiger partial charge in [0, 0.05) is 38.7 Å². The maximum absolute atomic E-state index is 12.9. The van der Waals surface area contributed by atoms with E-state index in [2.05, 4.69) is 4.90 Å². The fourth-order valence-corrected chi connectivity index (χ4v) is 2.38. The zero-order valence-corrected chi connectivity index (χ0v) is 10.1.